The van der Waals surface area contributed by atoms with Crippen LogP contribution in [0.2, 0.25) is 15.1 Å². The molecule has 0 saturated carbocycles. The maximum atomic E-state index is 5.96. The third kappa shape index (κ3) is 2.94. The highest BCUT2D eigenvalue weighted by Crippen LogP contribution is 2.35. The van der Waals surface area contributed by atoms with E-state index in [0.29, 0.717) is 32.5 Å². The fourth-order valence-electron chi connectivity index (χ4n) is 1.18. The van der Waals surface area contributed by atoms with E-state index in [1.165, 1.54) is 12.1 Å². The molecule has 0 unspecified atom stereocenters. The summed E-state index contributed by atoms with van der Waals surface area (Å²) in [6.07, 6.45) is 0. The molecule has 3 nitrogen and oxygen atoms in total. The number of nitrogens with zero attached hydrogens (tertiary/aromatic N) is 1. The fraction of sp³-hybridized carbons (Fsp3) is 0. The lowest BCUT2D eigenvalue weighted by Crippen LogP contribution is -1.93. The molecule has 0 saturated heterocycles. The Morgan fingerprint density at radius 2 is 1.71 bits per heavy atom. The van der Waals surface area contributed by atoms with Crippen LogP contribution in [0.1, 0.15) is 0 Å². The summed E-state index contributed by atoms with van der Waals surface area (Å²) in [4.78, 5) is 3.98. The van der Waals surface area contributed by atoms with Crippen LogP contribution in [0.4, 0.5) is 5.82 Å². The predicted octanol–water partition coefficient (Wildman–Crippen LogP) is 4.42. The van der Waals surface area contributed by atoms with Crippen LogP contribution in [0.5, 0.6) is 11.6 Å². The van der Waals surface area contributed by atoms with E-state index in [2.05, 4.69) is 4.98 Å². The van der Waals surface area contributed by atoms with Crippen molar-refractivity contribution in [1.29, 1.82) is 0 Å². The summed E-state index contributed by atoms with van der Waals surface area (Å²) in [5.41, 5.74) is 5.53. The third-order valence-electron chi connectivity index (χ3n) is 1.93. The van der Waals surface area contributed by atoms with Gasteiger partial charge in [-0.3, -0.25) is 0 Å². The first-order valence-corrected chi connectivity index (χ1v) is 5.74. The van der Waals surface area contributed by atoms with Gasteiger partial charge in [-0.1, -0.05) is 40.9 Å². The lowest BCUT2D eigenvalue weighted by Gasteiger charge is -2.08. The molecule has 1 heterocycles. The number of nitrogen functional groups attached to an aromatic ring is 1. The molecule has 0 radical (unpaired) electrons. The zero-order valence-corrected chi connectivity index (χ0v) is 10.7. The zero-order chi connectivity index (χ0) is 12.4. The Labute approximate surface area is 113 Å². The predicted molar refractivity (Wildman–Crippen MR) is 70.2 cm³/mol. The van der Waals surface area contributed by atoms with Gasteiger partial charge in [-0.15, -0.1) is 0 Å². The van der Waals surface area contributed by atoms with Gasteiger partial charge in [0.2, 0.25) is 5.88 Å². The minimum atomic E-state index is 0.338. The topological polar surface area (TPSA) is 48.1 Å². The van der Waals surface area contributed by atoms with Crippen molar-refractivity contribution in [1.82, 2.24) is 4.98 Å². The van der Waals surface area contributed by atoms with Crippen molar-refractivity contribution in [2.24, 2.45) is 0 Å². The van der Waals surface area contributed by atoms with Gasteiger partial charge in [0.05, 0.1) is 15.1 Å². The van der Waals surface area contributed by atoms with Gasteiger partial charge in [0.15, 0.2) is 0 Å². The quantitative estimate of drug-likeness (QED) is 0.833. The Balaban J connectivity index is 2.33. The highest BCUT2D eigenvalue weighted by Gasteiger charge is 2.08. The Bertz CT molecular complexity index is 560. The van der Waals surface area contributed by atoms with Gasteiger partial charge in [-0.25, -0.2) is 0 Å². The Kier molecular flexibility index (Phi) is 3.62. The van der Waals surface area contributed by atoms with Gasteiger partial charge in [0.25, 0.3) is 0 Å². The number of aromatic nitrogens is 1. The molecule has 0 aliphatic heterocycles. The van der Waals surface area contributed by atoms with Crippen molar-refractivity contribution in [2.75, 3.05) is 5.73 Å². The van der Waals surface area contributed by atoms with E-state index in [4.69, 9.17) is 45.3 Å². The smallest absolute Gasteiger partial charge is 0.221 e. The van der Waals surface area contributed by atoms with Crippen LogP contribution in [0.3, 0.4) is 0 Å². The largest absolute Gasteiger partial charge is 0.437 e. The van der Waals surface area contributed by atoms with Crippen LogP contribution >= 0.6 is 34.8 Å². The average Bonchev–Trinajstić information content (AvgIpc) is 2.26. The molecule has 0 aliphatic rings. The number of anilines is 1. The minimum Gasteiger partial charge on any atom is -0.437 e. The van der Waals surface area contributed by atoms with E-state index < -0.39 is 0 Å². The lowest BCUT2D eigenvalue weighted by atomic mass is 10.3. The van der Waals surface area contributed by atoms with Crippen LogP contribution < -0.4 is 10.5 Å². The summed E-state index contributed by atoms with van der Waals surface area (Å²) < 4.78 is 5.46. The third-order valence-corrected chi connectivity index (χ3v) is 2.95. The molecule has 88 valence electrons. The minimum absolute atomic E-state index is 0.338. The van der Waals surface area contributed by atoms with Crippen molar-refractivity contribution in [3.8, 4) is 11.6 Å². The number of benzene rings is 1. The molecule has 1 aromatic carbocycles. The molecule has 17 heavy (non-hydrogen) atoms. The lowest BCUT2D eigenvalue weighted by molar-refractivity contribution is 0.464. The Hall–Kier alpha value is -1.16. The van der Waals surface area contributed by atoms with Crippen LogP contribution in [0, 0.1) is 0 Å². The number of rotatable bonds is 2. The van der Waals surface area contributed by atoms with E-state index in [9.17, 15) is 0 Å². The highest BCUT2D eigenvalue weighted by molar-refractivity contribution is 6.43. The summed E-state index contributed by atoms with van der Waals surface area (Å²) in [6, 6.07) is 8.08. The normalized spacial score (nSPS) is 10.3. The Morgan fingerprint density at radius 1 is 1.00 bits per heavy atom. The van der Waals surface area contributed by atoms with Gasteiger partial charge in [-0.2, -0.15) is 4.98 Å². The van der Waals surface area contributed by atoms with E-state index in [-0.39, 0.29) is 0 Å². The molecule has 0 atom stereocenters. The highest BCUT2D eigenvalue weighted by atomic mass is 35.5. The molecular weight excluding hydrogens is 282 g/mol. The van der Waals surface area contributed by atoms with Crippen molar-refractivity contribution in [3.63, 3.8) is 0 Å². The van der Waals surface area contributed by atoms with E-state index in [0.717, 1.165) is 0 Å². The number of nitrogens with two attached hydrogens (primary N) is 1. The molecule has 0 fully saturated rings. The summed E-state index contributed by atoms with van der Waals surface area (Å²) in [7, 11) is 0. The molecule has 6 heteroatoms. The molecule has 0 spiro atoms. The molecule has 0 bridgehead atoms. The van der Waals surface area contributed by atoms with Gasteiger partial charge in [-0.05, 0) is 12.1 Å². The molecular formula is C11H7Cl3N2O. The molecule has 0 aliphatic carbocycles. The summed E-state index contributed by atoms with van der Waals surface area (Å²) >= 11 is 17.6. The van der Waals surface area contributed by atoms with E-state index in [1.807, 2.05) is 0 Å². The summed E-state index contributed by atoms with van der Waals surface area (Å²) in [6.45, 7) is 0. The first-order valence-electron chi connectivity index (χ1n) is 4.61. The van der Waals surface area contributed by atoms with Crippen molar-refractivity contribution in [2.45, 2.75) is 0 Å². The Morgan fingerprint density at radius 3 is 2.41 bits per heavy atom. The van der Waals surface area contributed by atoms with Gasteiger partial charge >= 0.3 is 0 Å². The van der Waals surface area contributed by atoms with Crippen molar-refractivity contribution >= 4 is 40.6 Å². The van der Waals surface area contributed by atoms with Gasteiger partial charge in [0, 0.05) is 12.1 Å². The van der Waals surface area contributed by atoms with Crippen LogP contribution in [0.15, 0.2) is 30.3 Å². The SMILES string of the molecule is Nc1cccc(Oc2cc(Cl)c(Cl)cc2Cl)n1. The van der Waals surface area contributed by atoms with Gasteiger partial charge in [0.1, 0.15) is 11.6 Å². The maximum absolute atomic E-state index is 5.96. The van der Waals surface area contributed by atoms with Crippen molar-refractivity contribution in [3.05, 3.63) is 45.4 Å². The first kappa shape index (κ1) is 12.3. The molecule has 0 amide bonds. The van der Waals surface area contributed by atoms with Gasteiger partial charge < -0.3 is 10.5 Å². The fourth-order valence-corrected chi connectivity index (χ4v) is 1.76. The van der Waals surface area contributed by atoms with E-state index in [1.54, 1.807) is 18.2 Å². The zero-order valence-electron chi connectivity index (χ0n) is 8.45. The van der Waals surface area contributed by atoms with E-state index >= 15 is 0 Å². The monoisotopic (exact) mass is 288 g/mol. The number of hydrogen-bond acceptors (Lipinski definition) is 3. The van der Waals surface area contributed by atoms with Crippen LogP contribution in [0.25, 0.3) is 0 Å². The second-order valence-electron chi connectivity index (χ2n) is 3.20. The average molecular weight is 290 g/mol. The maximum Gasteiger partial charge on any atom is 0.221 e. The second kappa shape index (κ2) is 5.00. The number of halogens is 3. The van der Waals surface area contributed by atoms with Crippen LogP contribution in [-0.2, 0) is 0 Å². The first-order chi connectivity index (χ1) is 8.06. The standard InChI is InChI=1S/C11H7Cl3N2O/c12-6-4-8(14)9(5-7(6)13)17-11-3-1-2-10(15)16-11/h1-5H,(H2,15,16). The molecule has 2 N–H and O–H groups in total. The molecule has 2 rings (SSSR count). The summed E-state index contributed by atoms with van der Waals surface area (Å²) in [5.74, 6) is 1.07. The molecule has 1 aromatic heterocycles. The van der Waals surface area contributed by atoms with Crippen LogP contribution in [-0.4, -0.2) is 4.98 Å². The number of pyridine rings is 1. The number of ether oxygens (including phenoxy) is 1. The number of hydrogen-bond donors (Lipinski definition) is 1. The molecule has 2 aromatic rings. The second-order valence-corrected chi connectivity index (χ2v) is 4.42. The van der Waals surface area contributed by atoms with Crippen molar-refractivity contribution < 1.29 is 4.74 Å². The summed E-state index contributed by atoms with van der Waals surface area (Å²) in [5, 5.41) is 1.07.